The first kappa shape index (κ1) is 18.7. The molecule has 0 fully saturated rings. The third kappa shape index (κ3) is 4.74. The van der Waals surface area contributed by atoms with E-state index in [-0.39, 0.29) is 0 Å². The van der Waals surface area contributed by atoms with Gasteiger partial charge in [-0.05, 0) is 17.7 Å². The van der Waals surface area contributed by atoms with Crippen LogP contribution in [0.25, 0.3) is 11.3 Å². The number of aromatic nitrogens is 1. The van der Waals surface area contributed by atoms with E-state index in [1.54, 1.807) is 12.1 Å². The summed E-state index contributed by atoms with van der Waals surface area (Å²) in [6, 6.07) is 13.9. The van der Waals surface area contributed by atoms with Crippen LogP contribution in [0.4, 0.5) is 5.13 Å². The van der Waals surface area contributed by atoms with E-state index in [0.717, 1.165) is 16.8 Å². The molecule has 5 nitrogen and oxygen atoms in total. The van der Waals surface area contributed by atoms with E-state index < -0.39 is 12.0 Å². The first-order valence-electron chi connectivity index (χ1n) is 7.72. The van der Waals surface area contributed by atoms with Crippen molar-refractivity contribution in [3.63, 3.8) is 0 Å². The minimum Gasteiger partial charge on any atom is -0.480 e. The summed E-state index contributed by atoms with van der Waals surface area (Å²) < 4.78 is 0. The van der Waals surface area contributed by atoms with E-state index in [1.165, 1.54) is 11.3 Å². The predicted octanol–water partition coefficient (Wildman–Crippen LogP) is 4.73. The molecule has 1 atom stereocenters. The normalized spacial score (nSPS) is 11.9. The maximum absolute atomic E-state index is 11.5. The molecular formula is C18H15Cl2N3O2S. The molecule has 3 N–H and O–H groups in total. The Hall–Kier alpha value is -2.12. The van der Waals surface area contributed by atoms with Gasteiger partial charge in [-0.1, -0.05) is 59.6 Å². The van der Waals surface area contributed by atoms with E-state index in [2.05, 4.69) is 15.8 Å². The van der Waals surface area contributed by atoms with Crippen LogP contribution in [-0.4, -0.2) is 22.1 Å². The summed E-state index contributed by atoms with van der Waals surface area (Å²) in [7, 11) is 0. The largest absolute Gasteiger partial charge is 0.480 e. The summed E-state index contributed by atoms with van der Waals surface area (Å²) in [5.74, 6) is -0.942. The molecule has 2 aromatic carbocycles. The van der Waals surface area contributed by atoms with E-state index in [9.17, 15) is 9.90 Å². The van der Waals surface area contributed by atoms with Crippen LogP contribution in [0.1, 0.15) is 5.56 Å². The van der Waals surface area contributed by atoms with Gasteiger partial charge < -0.3 is 5.11 Å². The molecule has 0 aliphatic carbocycles. The highest BCUT2D eigenvalue weighted by Gasteiger charge is 2.18. The maximum atomic E-state index is 11.5. The van der Waals surface area contributed by atoms with Crippen molar-refractivity contribution in [2.75, 3.05) is 5.43 Å². The molecule has 0 bridgehead atoms. The van der Waals surface area contributed by atoms with Crippen molar-refractivity contribution in [1.29, 1.82) is 0 Å². The SMILES string of the molecule is O=C(O)[C@H](Cc1ccccc1)NNc1nc(-c2ccc(Cl)c(Cl)c2)cs1. The Kier molecular flexibility index (Phi) is 6.11. The second-order valence-corrected chi connectivity index (χ2v) is 7.19. The molecule has 0 aliphatic rings. The van der Waals surface area contributed by atoms with Gasteiger partial charge in [-0.15, -0.1) is 11.3 Å². The highest BCUT2D eigenvalue weighted by atomic mass is 35.5. The molecule has 0 saturated carbocycles. The molecule has 8 heteroatoms. The van der Waals surface area contributed by atoms with Crippen molar-refractivity contribution in [3.8, 4) is 11.3 Å². The van der Waals surface area contributed by atoms with Crippen LogP contribution < -0.4 is 10.9 Å². The standard InChI is InChI=1S/C18H15Cl2N3O2S/c19-13-7-6-12(9-14(13)20)16-10-26-18(21-16)23-22-15(17(24)25)8-11-4-2-1-3-5-11/h1-7,9-10,15,22H,8H2,(H,21,23)(H,24,25)/t15-/m0/s1. The Bertz CT molecular complexity index is 902. The van der Waals surface area contributed by atoms with Gasteiger partial charge in [-0.3, -0.25) is 10.2 Å². The van der Waals surface area contributed by atoms with Gasteiger partial charge in [0.05, 0.1) is 15.7 Å². The number of thiazole rings is 1. The number of halogens is 2. The number of anilines is 1. The van der Waals surface area contributed by atoms with Crippen LogP contribution in [0.3, 0.4) is 0 Å². The number of rotatable bonds is 7. The lowest BCUT2D eigenvalue weighted by atomic mass is 10.1. The van der Waals surface area contributed by atoms with E-state index >= 15 is 0 Å². The highest BCUT2D eigenvalue weighted by Crippen LogP contribution is 2.30. The average Bonchev–Trinajstić information content (AvgIpc) is 3.10. The summed E-state index contributed by atoms with van der Waals surface area (Å²) in [5.41, 5.74) is 8.20. The predicted molar refractivity (Wildman–Crippen MR) is 106 cm³/mol. The molecule has 1 heterocycles. The average molecular weight is 408 g/mol. The van der Waals surface area contributed by atoms with Crippen molar-refractivity contribution in [1.82, 2.24) is 10.4 Å². The molecule has 26 heavy (non-hydrogen) atoms. The van der Waals surface area contributed by atoms with Crippen molar-refractivity contribution >= 4 is 45.6 Å². The molecule has 0 radical (unpaired) electrons. The number of carbonyl (C=O) groups is 1. The van der Waals surface area contributed by atoms with Gasteiger partial charge in [-0.25, -0.2) is 10.4 Å². The smallest absolute Gasteiger partial charge is 0.322 e. The van der Waals surface area contributed by atoms with Gasteiger partial charge in [0.1, 0.15) is 6.04 Å². The number of benzene rings is 2. The Labute approximate surface area is 164 Å². The number of nitrogens with one attached hydrogen (secondary N) is 2. The lowest BCUT2D eigenvalue weighted by Crippen LogP contribution is -2.41. The lowest BCUT2D eigenvalue weighted by molar-refractivity contribution is -0.139. The zero-order valence-corrected chi connectivity index (χ0v) is 15.8. The van der Waals surface area contributed by atoms with Crippen LogP contribution in [0.2, 0.25) is 10.0 Å². The van der Waals surface area contributed by atoms with E-state index in [4.69, 9.17) is 23.2 Å². The fourth-order valence-corrected chi connectivity index (χ4v) is 3.30. The Morgan fingerprint density at radius 2 is 1.92 bits per heavy atom. The Morgan fingerprint density at radius 1 is 1.15 bits per heavy atom. The second kappa shape index (κ2) is 8.51. The summed E-state index contributed by atoms with van der Waals surface area (Å²) in [5, 5.41) is 12.8. The van der Waals surface area contributed by atoms with Gasteiger partial charge in [0, 0.05) is 17.4 Å². The minimum absolute atomic E-state index is 0.355. The van der Waals surface area contributed by atoms with Crippen molar-refractivity contribution in [3.05, 3.63) is 69.5 Å². The molecule has 0 saturated heterocycles. The minimum atomic E-state index is -0.942. The Morgan fingerprint density at radius 3 is 2.62 bits per heavy atom. The Balaban J connectivity index is 1.66. The number of hydrazine groups is 1. The number of carboxylic acids is 1. The molecular weight excluding hydrogens is 393 g/mol. The number of aliphatic carboxylic acids is 1. The molecule has 0 aliphatic heterocycles. The molecule has 3 aromatic rings. The summed E-state index contributed by atoms with van der Waals surface area (Å²) in [6.45, 7) is 0. The van der Waals surface area contributed by atoms with Gasteiger partial charge >= 0.3 is 5.97 Å². The fraction of sp³-hybridized carbons (Fsp3) is 0.111. The lowest BCUT2D eigenvalue weighted by Gasteiger charge is -2.14. The molecule has 0 unspecified atom stereocenters. The zero-order valence-electron chi connectivity index (χ0n) is 13.4. The fourth-order valence-electron chi connectivity index (χ4n) is 2.32. The molecule has 0 amide bonds. The number of hydrogen-bond acceptors (Lipinski definition) is 5. The zero-order chi connectivity index (χ0) is 18.5. The van der Waals surface area contributed by atoms with Crippen LogP contribution in [0.5, 0.6) is 0 Å². The second-order valence-electron chi connectivity index (χ2n) is 5.52. The topological polar surface area (TPSA) is 74.2 Å². The van der Waals surface area contributed by atoms with Gasteiger partial charge in [0.25, 0.3) is 0 Å². The first-order chi connectivity index (χ1) is 12.5. The highest BCUT2D eigenvalue weighted by molar-refractivity contribution is 7.14. The van der Waals surface area contributed by atoms with Crippen molar-refractivity contribution < 1.29 is 9.90 Å². The van der Waals surface area contributed by atoms with Crippen LogP contribution in [0, 0.1) is 0 Å². The van der Waals surface area contributed by atoms with Crippen LogP contribution >= 0.6 is 34.5 Å². The van der Waals surface area contributed by atoms with Gasteiger partial charge in [0.15, 0.2) is 5.13 Å². The van der Waals surface area contributed by atoms with Crippen LogP contribution in [-0.2, 0) is 11.2 Å². The van der Waals surface area contributed by atoms with E-state index in [0.29, 0.717) is 21.6 Å². The monoisotopic (exact) mass is 407 g/mol. The number of hydrogen-bond donors (Lipinski definition) is 3. The quantitative estimate of drug-likeness (QED) is 0.493. The number of carboxylic acid groups (broad SMARTS) is 1. The molecule has 0 spiro atoms. The van der Waals surface area contributed by atoms with Gasteiger partial charge in [-0.2, -0.15) is 0 Å². The first-order valence-corrected chi connectivity index (χ1v) is 9.35. The summed E-state index contributed by atoms with van der Waals surface area (Å²) >= 11 is 13.3. The van der Waals surface area contributed by atoms with Crippen molar-refractivity contribution in [2.45, 2.75) is 12.5 Å². The van der Waals surface area contributed by atoms with E-state index in [1.807, 2.05) is 41.8 Å². The number of nitrogens with zero attached hydrogens (tertiary/aromatic N) is 1. The third-order valence-corrected chi connectivity index (χ3v) is 5.15. The van der Waals surface area contributed by atoms with Crippen LogP contribution in [0.15, 0.2) is 53.9 Å². The molecule has 134 valence electrons. The van der Waals surface area contributed by atoms with Crippen molar-refractivity contribution in [2.24, 2.45) is 0 Å². The summed E-state index contributed by atoms with van der Waals surface area (Å²) in [4.78, 5) is 15.9. The third-order valence-electron chi connectivity index (χ3n) is 3.65. The maximum Gasteiger partial charge on any atom is 0.322 e. The molecule has 3 rings (SSSR count). The van der Waals surface area contributed by atoms with Gasteiger partial charge in [0.2, 0.25) is 0 Å². The summed E-state index contributed by atoms with van der Waals surface area (Å²) in [6.07, 6.45) is 0.355. The molecule has 1 aromatic heterocycles.